The minimum atomic E-state index is 0.532. The van der Waals surface area contributed by atoms with E-state index in [4.69, 9.17) is 4.74 Å². The molecule has 220 valence electrons. The molecule has 0 N–H and O–H groups in total. The summed E-state index contributed by atoms with van der Waals surface area (Å²) in [5.41, 5.74) is 9.00. The first-order valence-corrected chi connectivity index (χ1v) is 16.5. The van der Waals surface area contributed by atoms with E-state index in [1.165, 1.54) is 61.2 Å². The van der Waals surface area contributed by atoms with Gasteiger partial charge in [0.15, 0.2) is 0 Å². The molecular formula is C39H43N3O. The largest absolute Gasteiger partial charge is 0.378 e. The van der Waals surface area contributed by atoms with E-state index in [0.29, 0.717) is 5.92 Å². The van der Waals surface area contributed by atoms with Crippen molar-refractivity contribution in [2.24, 2.45) is 0 Å². The normalized spacial score (nSPS) is 19.8. The molecular weight excluding hydrogens is 526 g/mol. The summed E-state index contributed by atoms with van der Waals surface area (Å²) in [7, 11) is 2.23. The molecule has 2 heterocycles. The maximum atomic E-state index is 5.75. The van der Waals surface area contributed by atoms with Gasteiger partial charge in [0.05, 0.1) is 13.2 Å². The Hall–Kier alpha value is -3.60. The summed E-state index contributed by atoms with van der Waals surface area (Å²) in [4.78, 5) is 7.58. The number of piperazine rings is 1. The lowest BCUT2D eigenvalue weighted by Crippen LogP contribution is -2.44. The van der Waals surface area contributed by atoms with Gasteiger partial charge in [0, 0.05) is 56.0 Å². The molecule has 2 aliphatic heterocycles. The van der Waals surface area contributed by atoms with Crippen molar-refractivity contribution in [1.29, 1.82) is 0 Å². The van der Waals surface area contributed by atoms with Crippen molar-refractivity contribution in [3.8, 4) is 0 Å². The summed E-state index contributed by atoms with van der Waals surface area (Å²) >= 11 is 0. The van der Waals surface area contributed by atoms with Crippen LogP contribution < -0.4 is 9.80 Å². The van der Waals surface area contributed by atoms with Crippen LogP contribution in [0.5, 0.6) is 0 Å². The van der Waals surface area contributed by atoms with E-state index in [-0.39, 0.29) is 0 Å². The molecule has 0 radical (unpaired) electrons. The van der Waals surface area contributed by atoms with E-state index < -0.39 is 0 Å². The Balaban J connectivity index is 1.18. The second-order valence-electron chi connectivity index (χ2n) is 13.0. The quantitative estimate of drug-likeness (QED) is 0.208. The predicted octanol–water partition coefficient (Wildman–Crippen LogP) is 7.57. The van der Waals surface area contributed by atoms with Gasteiger partial charge in [0.25, 0.3) is 0 Å². The number of fused-ring (bicyclic) bond motifs is 6. The van der Waals surface area contributed by atoms with E-state index in [2.05, 4.69) is 101 Å². The zero-order chi connectivity index (χ0) is 28.9. The lowest BCUT2D eigenvalue weighted by molar-refractivity contribution is 0.122. The molecule has 0 bridgehead atoms. The number of hydrogen-bond donors (Lipinski definition) is 0. The van der Waals surface area contributed by atoms with Crippen LogP contribution in [0.25, 0.3) is 32.3 Å². The van der Waals surface area contributed by atoms with Crippen LogP contribution in [0, 0.1) is 0 Å². The number of anilines is 2. The van der Waals surface area contributed by atoms with Crippen LogP contribution in [0.15, 0.2) is 72.8 Å². The van der Waals surface area contributed by atoms with Gasteiger partial charge in [-0.2, -0.15) is 0 Å². The molecule has 8 rings (SSSR count). The van der Waals surface area contributed by atoms with Crippen LogP contribution in [0.1, 0.15) is 41.5 Å². The Labute approximate surface area is 255 Å². The van der Waals surface area contributed by atoms with Gasteiger partial charge in [-0.3, -0.25) is 0 Å². The van der Waals surface area contributed by atoms with Crippen LogP contribution in [0.4, 0.5) is 11.4 Å². The number of morpholine rings is 1. The number of benzene rings is 5. The van der Waals surface area contributed by atoms with Crippen molar-refractivity contribution >= 4 is 43.7 Å². The highest BCUT2D eigenvalue weighted by molar-refractivity contribution is 6.11. The molecule has 2 fully saturated rings. The summed E-state index contributed by atoms with van der Waals surface area (Å²) < 4.78 is 5.75. The first-order valence-electron chi connectivity index (χ1n) is 16.5. The molecule has 4 nitrogen and oxygen atoms in total. The monoisotopic (exact) mass is 569 g/mol. The number of ether oxygens (including phenoxy) is 1. The Kier molecular flexibility index (Phi) is 7.00. The number of rotatable bonds is 4. The smallest absolute Gasteiger partial charge is 0.0642 e. The van der Waals surface area contributed by atoms with Crippen molar-refractivity contribution in [1.82, 2.24) is 4.90 Å². The summed E-state index contributed by atoms with van der Waals surface area (Å²) in [5, 5.41) is 8.49. The molecule has 4 heteroatoms. The Morgan fingerprint density at radius 3 is 2.40 bits per heavy atom. The highest BCUT2D eigenvalue weighted by Gasteiger charge is 2.28. The molecule has 1 atom stereocenters. The average Bonchev–Trinajstić information content (AvgIpc) is 3.07. The first kappa shape index (κ1) is 27.0. The van der Waals surface area contributed by atoms with E-state index >= 15 is 0 Å². The highest BCUT2D eigenvalue weighted by atomic mass is 16.5. The fourth-order valence-electron chi connectivity index (χ4n) is 8.17. The molecule has 1 unspecified atom stereocenters. The van der Waals surface area contributed by atoms with E-state index in [0.717, 1.165) is 71.7 Å². The van der Waals surface area contributed by atoms with Crippen molar-refractivity contribution in [2.75, 3.05) is 69.3 Å². The highest BCUT2D eigenvalue weighted by Crippen LogP contribution is 2.44. The number of aryl methyl sites for hydroxylation is 2. The standard InChI is InChI=1S/C39H43N3O/c1-3-27-24-31-26-32(41-18-16-40(2)17-19-41)11-15-33(31)37-14-10-29-25-30(9-12-34(29)38(27)37)36-13-8-28-6-4-5-7-35(28)39(36)42-20-22-43-23-21-42/h4-8,10-11,13-15,24,26,30H,3,9,12,16-23,25H2,1-2H3. The SMILES string of the molecule is CCc1cc2cc(N3CCN(C)CC3)ccc2c2ccc3c(c12)CCC(c1ccc2ccccc2c1N1CCOCC1)C3. The van der Waals surface area contributed by atoms with Crippen molar-refractivity contribution in [3.63, 3.8) is 0 Å². The lowest BCUT2D eigenvalue weighted by atomic mass is 9.76. The third kappa shape index (κ3) is 4.76. The molecule has 0 amide bonds. The number of nitrogens with zero attached hydrogens (tertiary/aromatic N) is 3. The number of hydrogen-bond acceptors (Lipinski definition) is 4. The minimum Gasteiger partial charge on any atom is -0.378 e. The van der Waals surface area contributed by atoms with Crippen molar-refractivity contribution < 1.29 is 4.74 Å². The van der Waals surface area contributed by atoms with Gasteiger partial charge in [-0.25, -0.2) is 0 Å². The summed E-state index contributed by atoms with van der Waals surface area (Å²) in [5.74, 6) is 0.532. The van der Waals surface area contributed by atoms with Gasteiger partial charge in [-0.05, 0) is 100.0 Å². The van der Waals surface area contributed by atoms with E-state index in [9.17, 15) is 0 Å². The molecule has 43 heavy (non-hydrogen) atoms. The fraction of sp³-hybridized carbons (Fsp3) is 0.385. The summed E-state index contributed by atoms with van der Waals surface area (Å²) in [6.07, 6.45) is 4.53. The number of likely N-dealkylation sites (N-methyl/N-ethyl adjacent to an activating group) is 1. The maximum Gasteiger partial charge on any atom is 0.0642 e. The second kappa shape index (κ2) is 11.2. The lowest BCUT2D eigenvalue weighted by Gasteiger charge is -2.35. The predicted molar refractivity (Wildman–Crippen MR) is 182 cm³/mol. The summed E-state index contributed by atoms with van der Waals surface area (Å²) in [6, 6.07) is 28.3. The molecule has 2 saturated heterocycles. The van der Waals surface area contributed by atoms with Gasteiger partial charge in [-0.15, -0.1) is 0 Å². The van der Waals surface area contributed by atoms with Gasteiger partial charge < -0.3 is 19.4 Å². The third-order valence-electron chi connectivity index (χ3n) is 10.5. The third-order valence-corrected chi connectivity index (χ3v) is 10.5. The molecule has 0 aromatic heterocycles. The van der Waals surface area contributed by atoms with E-state index in [1.54, 1.807) is 11.1 Å². The second-order valence-corrected chi connectivity index (χ2v) is 13.0. The van der Waals surface area contributed by atoms with Crippen molar-refractivity contribution in [2.45, 2.75) is 38.5 Å². The van der Waals surface area contributed by atoms with Gasteiger partial charge in [0.2, 0.25) is 0 Å². The van der Waals surface area contributed by atoms with Crippen LogP contribution in [-0.4, -0.2) is 64.4 Å². The molecule has 3 aliphatic rings. The molecule has 5 aromatic carbocycles. The Bertz CT molecular complexity index is 1810. The topological polar surface area (TPSA) is 19.0 Å². The zero-order valence-electron chi connectivity index (χ0n) is 25.7. The van der Waals surface area contributed by atoms with Crippen LogP contribution in [0.3, 0.4) is 0 Å². The van der Waals surface area contributed by atoms with Crippen LogP contribution in [0.2, 0.25) is 0 Å². The fourth-order valence-corrected chi connectivity index (χ4v) is 8.17. The van der Waals surface area contributed by atoms with E-state index in [1.807, 2.05) is 0 Å². The van der Waals surface area contributed by atoms with Gasteiger partial charge in [-0.1, -0.05) is 67.6 Å². The molecule has 0 spiro atoms. The van der Waals surface area contributed by atoms with Crippen molar-refractivity contribution in [3.05, 3.63) is 95.1 Å². The Morgan fingerprint density at radius 2 is 1.56 bits per heavy atom. The molecule has 1 aliphatic carbocycles. The van der Waals surface area contributed by atoms with Crippen LogP contribution >= 0.6 is 0 Å². The van der Waals surface area contributed by atoms with Crippen LogP contribution in [-0.2, 0) is 24.0 Å². The molecule has 0 saturated carbocycles. The zero-order valence-corrected chi connectivity index (χ0v) is 25.7. The Morgan fingerprint density at radius 1 is 0.744 bits per heavy atom. The molecule has 5 aromatic rings. The van der Waals surface area contributed by atoms with Gasteiger partial charge >= 0.3 is 0 Å². The average molecular weight is 570 g/mol. The van der Waals surface area contributed by atoms with Gasteiger partial charge in [0.1, 0.15) is 0 Å². The minimum absolute atomic E-state index is 0.532. The maximum absolute atomic E-state index is 5.75. The first-order chi connectivity index (χ1) is 21.2. The summed E-state index contributed by atoms with van der Waals surface area (Å²) in [6.45, 7) is 10.4.